The van der Waals surface area contributed by atoms with Crippen molar-refractivity contribution in [1.29, 1.82) is 0 Å². The van der Waals surface area contributed by atoms with Gasteiger partial charge in [0.15, 0.2) is 0 Å². The Bertz CT molecular complexity index is 1200. The lowest BCUT2D eigenvalue weighted by Crippen LogP contribution is -2.35. The Balaban J connectivity index is 1.53. The van der Waals surface area contributed by atoms with Crippen LogP contribution in [0.3, 0.4) is 0 Å². The average Bonchev–Trinajstić information content (AvgIpc) is 2.82. The van der Waals surface area contributed by atoms with E-state index in [9.17, 15) is 18.3 Å². The molecule has 1 saturated heterocycles. The third kappa shape index (κ3) is 5.00. The summed E-state index contributed by atoms with van der Waals surface area (Å²) in [4.78, 5) is 13.0. The highest BCUT2D eigenvalue weighted by molar-refractivity contribution is 7.89. The summed E-state index contributed by atoms with van der Waals surface area (Å²) in [6.45, 7) is 1.00. The van der Waals surface area contributed by atoms with Crippen LogP contribution < -0.4 is 5.32 Å². The second-order valence-electron chi connectivity index (χ2n) is 7.96. The molecular weight excluding hydrogens is 424 g/mol. The van der Waals surface area contributed by atoms with Crippen LogP contribution in [-0.2, 0) is 16.4 Å². The third-order valence-corrected chi connectivity index (χ3v) is 7.50. The quantitative estimate of drug-likeness (QED) is 0.545. The van der Waals surface area contributed by atoms with Gasteiger partial charge >= 0.3 is 0 Å². The van der Waals surface area contributed by atoms with Crippen molar-refractivity contribution in [1.82, 2.24) is 4.31 Å². The second kappa shape index (κ2) is 9.54. The van der Waals surface area contributed by atoms with Gasteiger partial charge in [0.2, 0.25) is 10.0 Å². The van der Waals surface area contributed by atoms with Gasteiger partial charge in [-0.05, 0) is 60.7 Å². The van der Waals surface area contributed by atoms with Gasteiger partial charge in [-0.1, -0.05) is 48.9 Å². The van der Waals surface area contributed by atoms with E-state index >= 15 is 0 Å². The van der Waals surface area contributed by atoms with E-state index < -0.39 is 15.9 Å². The van der Waals surface area contributed by atoms with E-state index in [4.69, 9.17) is 0 Å². The van der Waals surface area contributed by atoms with E-state index in [1.54, 1.807) is 24.3 Å². The predicted molar refractivity (Wildman–Crippen MR) is 124 cm³/mol. The van der Waals surface area contributed by atoms with Crippen LogP contribution in [0.5, 0.6) is 5.75 Å². The standard InChI is InChI=1S/C25H26N2O4S/c28-24-13-12-20(16-19-8-3-1-4-9-19)17-23(24)26-25(29)21-10-7-11-22(18-21)32(30,31)27-14-5-2-6-15-27/h1,3-4,7-13,17-18,28H,2,5-6,14-16H2,(H,26,29). The largest absolute Gasteiger partial charge is 0.506 e. The highest BCUT2D eigenvalue weighted by atomic mass is 32.2. The van der Waals surface area contributed by atoms with Gasteiger partial charge in [-0.3, -0.25) is 4.79 Å². The molecule has 3 aromatic carbocycles. The number of hydrogen-bond acceptors (Lipinski definition) is 4. The summed E-state index contributed by atoms with van der Waals surface area (Å²) in [6, 6.07) is 21.0. The molecule has 1 aliphatic rings. The van der Waals surface area contributed by atoms with E-state index in [0.29, 0.717) is 19.5 Å². The van der Waals surface area contributed by atoms with Gasteiger partial charge in [-0.25, -0.2) is 8.42 Å². The van der Waals surface area contributed by atoms with Crippen LogP contribution in [0.1, 0.15) is 40.7 Å². The molecule has 0 saturated carbocycles. The van der Waals surface area contributed by atoms with Crippen molar-refractivity contribution < 1.29 is 18.3 Å². The summed E-state index contributed by atoms with van der Waals surface area (Å²) in [5, 5.41) is 12.9. The minimum absolute atomic E-state index is 0.0488. The molecule has 1 fully saturated rings. The lowest BCUT2D eigenvalue weighted by molar-refractivity contribution is 0.102. The van der Waals surface area contributed by atoms with E-state index in [-0.39, 0.29) is 21.9 Å². The topological polar surface area (TPSA) is 86.7 Å². The molecule has 1 amide bonds. The summed E-state index contributed by atoms with van der Waals surface area (Å²) >= 11 is 0. The fraction of sp³-hybridized carbons (Fsp3) is 0.240. The van der Waals surface area contributed by atoms with Gasteiger partial charge in [0.1, 0.15) is 5.75 Å². The van der Waals surface area contributed by atoms with Gasteiger partial charge in [-0.2, -0.15) is 4.31 Å². The van der Waals surface area contributed by atoms with Crippen LogP contribution in [0.15, 0.2) is 77.7 Å². The molecule has 0 aromatic heterocycles. The van der Waals surface area contributed by atoms with Crippen LogP contribution in [0.2, 0.25) is 0 Å². The molecule has 0 unspecified atom stereocenters. The monoisotopic (exact) mass is 450 g/mol. The van der Waals surface area contributed by atoms with E-state index in [1.165, 1.54) is 16.4 Å². The minimum Gasteiger partial charge on any atom is -0.506 e. The first kappa shape index (κ1) is 22.0. The Labute approximate surface area is 188 Å². The summed E-state index contributed by atoms with van der Waals surface area (Å²) in [5.74, 6) is -0.528. The number of amides is 1. The Morgan fingerprint density at radius 1 is 0.875 bits per heavy atom. The van der Waals surface area contributed by atoms with Gasteiger partial charge < -0.3 is 10.4 Å². The predicted octanol–water partition coefficient (Wildman–Crippen LogP) is 4.41. The van der Waals surface area contributed by atoms with Crippen LogP contribution in [0.4, 0.5) is 5.69 Å². The maximum atomic E-state index is 12.9. The van der Waals surface area contributed by atoms with Gasteiger partial charge in [0, 0.05) is 18.7 Å². The van der Waals surface area contributed by atoms with Crippen LogP contribution in [-0.4, -0.2) is 36.8 Å². The van der Waals surface area contributed by atoms with Gasteiger partial charge in [-0.15, -0.1) is 0 Å². The van der Waals surface area contributed by atoms with E-state index in [1.807, 2.05) is 36.4 Å². The van der Waals surface area contributed by atoms with Crippen molar-refractivity contribution in [3.05, 3.63) is 89.5 Å². The van der Waals surface area contributed by atoms with Crippen molar-refractivity contribution in [2.75, 3.05) is 18.4 Å². The number of carbonyl (C=O) groups excluding carboxylic acids is 1. The molecule has 2 N–H and O–H groups in total. The number of benzene rings is 3. The molecule has 0 radical (unpaired) electrons. The Morgan fingerprint density at radius 3 is 2.38 bits per heavy atom. The Kier molecular flexibility index (Phi) is 6.58. The van der Waals surface area contributed by atoms with Crippen LogP contribution >= 0.6 is 0 Å². The normalized spacial score (nSPS) is 14.8. The number of aromatic hydroxyl groups is 1. The summed E-state index contributed by atoms with van der Waals surface area (Å²) in [5.41, 5.74) is 2.56. The summed E-state index contributed by atoms with van der Waals surface area (Å²) < 4.78 is 27.4. The number of phenols is 1. The molecule has 0 aliphatic carbocycles. The smallest absolute Gasteiger partial charge is 0.255 e. The molecule has 4 rings (SSSR count). The maximum absolute atomic E-state index is 12.9. The lowest BCUT2D eigenvalue weighted by Gasteiger charge is -2.26. The highest BCUT2D eigenvalue weighted by Gasteiger charge is 2.26. The molecule has 7 heteroatoms. The number of carbonyl (C=O) groups is 1. The van der Waals surface area contributed by atoms with Gasteiger partial charge in [0.05, 0.1) is 10.6 Å². The van der Waals surface area contributed by atoms with E-state index in [2.05, 4.69) is 5.32 Å². The first-order chi connectivity index (χ1) is 15.4. The number of rotatable bonds is 6. The summed E-state index contributed by atoms with van der Waals surface area (Å²) in [7, 11) is -3.64. The maximum Gasteiger partial charge on any atom is 0.255 e. The number of sulfonamides is 1. The highest BCUT2D eigenvalue weighted by Crippen LogP contribution is 2.27. The van der Waals surface area contributed by atoms with Crippen molar-refractivity contribution in [3.8, 4) is 5.75 Å². The van der Waals surface area contributed by atoms with Crippen molar-refractivity contribution in [2.24, 2.45) is 0 Å². The molecular formula is C25H26N2O4S. The average molecular weight is 451 g/mol. The van der Waals surface area contributed by atoms with Crippen molar-refractivity contribution in [2.45, 2.75) is 30.6 Å². The van der Waals surface area contributed by atoms with E-state index in [0.717, 1.165) is 30.4 Å². The minimum atomic E-state index is -3.64. The molecule has 1 heterocycles. The molecule has 0 spiro atoms. The zero-order chi connectivity index (χ0) is 22.6. The summed E-state index contributed by atoms with van der Waals surface area (Å²) in [6.07, 6.45) is 3.38. The molecule has 3 aromatic rings. The van der Waals surface area contributed by atoms with Crippen molar-refractivity contribution in [3.63, 3.8) is 0 Å². The molecule has 0 bridgehead atoms. The fourth-order valence-corrected chi connectivity index (χ4v) is 5.43. The number of anilines is 1. The number of piperidine rings is 1. The molecule has 32 heavy (non-hydrogen) atoms. The SMILES string of the molecule is O=C(Nc1cc(Cc2ccccc2)ccc1O)c1cccc(S(=O)(=O)N2CCCCC2)c1. The van der Waals surface area contributed by atoms with Crippen molar-refractivity contribution >= 4 is 21.6 Å². The number of hydrogen-bond donors (Lipinski definition) is 2. The Hall–Kier alpha value is -3.16. The molecule has 166 valence electrons. The second-order valence-corrected chi connectivity index (χ2v) is 9.90. The Morgan fingerprint density at radius 2 is 1.62 bits per heavy atom. The number of nitrogens with one attached hydrogen (secondary N) is 1. The van der Waals surface area contributed by atoms with Gasteiger partial charge in [0.25, 0.3) is 5.91 Å². The first-order valence-corrected chi connectivity index (χ1v) is 12.1. The number of nitrogens with zero attached hydrogens (tertiary/aromatic N) is 1. The molecule has 6 nitrogen and oxygen atoms in total. The number of phenolic OH excluding ortho intramolecular Hbond substituents is 1. The lowest BCUT2D eigenvalue weighted by atomic mass is 10.0. The third-order valence-electron chi connectivity index (χ3n) is 5.61. The fourth-order valence-electron chi connectivity index (χ4n) is 3.87. The van der Waals surface area contributed by atoms with Crippen LogP contribution in [0.25, 0.3) is 0 Å². The zero-order valence-corrected chi connectivity index (χ0v) is 18.5. The molecule has 1 aliphatic heterocycles. The first-order valence-electron chi connectivity index (χ1n) is 10.7. The zero-order valence-electron chi connectivity index (χ0n) is 17.7. The molecule has 0 atom stereocenters. The van der Waals surface area contributed by atoms with Crippen LogP contribution in [0, 0.1) is 0 Å².